The Morgan fingerprint density at radius 2 is 2.13 bits per heavy atom. The molecule has 0 radical (unpaired) electrons. The third-order valence-electron chi connectivity index (χ3n) is 2.26. The van der Waals surface area contributed by atoms with Crippen LogP contribution in [-0.4, -0.2) is 25.9 Å². The van der Waals surface area contributed by atoms with E-state index in [1.54, 1.807) is 14.2 Å². The zero-order valence-electron chi connectivity index (χ0n) is 9.06. The van der Waals surface area contributed by atoms with Crippen LogP contribution in [-0.2, 0) is 11.3 Å². The predicted molar refractivity (Wildman–Crippen MR) is 57.7 cm³/mol. The van der Waals surface area contributed by atoms with Gasteiger partial charge in [-0.15, -0.1) is 0 Å². The molecule has 0 amide bonds. The summed E-state index contributed by atoms with van der Waals surface area (Å²) in [4.78, 5) is 0. The molecule has 0 saturated carbocycles. The molecule has 0 fully saturated rings. The van der Waals surface area contributed by atoms with Gasteiger partial charge in [0.25, 0.3) is 0 Å². The molecule has 0 spiro atoms. The van der Waals surface area contributed by atoms with Crippen molar-refractivity contribution >= 4 is 0 Å². The third kappa shape index (κ3) is 2.68. The second-order valence-corrected chi connectivity index (χ2v) is 3.21. The maximum atomic E-state index is 9.72. The molecule has 1 aromatic carbocycles. The Kier molecular flexibility index (Phi) is 4.55. The average molecular weight is 211 g/mol. The molecule has 84 valence electrons. The number of hydrogen-bond acceptors (Lipinski definition) is 4. The molecule has 0 aliphatic heterocycles. The highest BCUT2D eigenvalue weighted by Gasteiger charge is 2.14. The summed E-state index contributed by atoms with van der Waals surface area (Å²) in [5.74, 6) is 0.710. The summed E-state index contributed by atoms with van der Waals surface area (Å²) in [7, 11) is 3.19. The molecule has 1 aromatic rings. The van der Waals surface area contributed by atoms with E-state index in [0.717, 1.165) is 11.1 Å². The Morgan fingerprint density at radius 3 is 2.67 bits per heavy atom. The first kappa shape index (κ1) is 12.0. The molecule has 0 bridgehead atoms. The van der Waals surface area contributed by atoms with Gasteiger partial charge in [-0.3, -0.25) is 0 Å². The number of hydrogen-bond donors (Lipinski definition) is 2. The first-order valence-electron chi connectivity index (χ1n) is 4.77. The number of methoxy groups -OCH3 is 2. The summed E-state index contributed by atoms with van der Waals surface area (Å²) >= 11 is 0. The fraction of sp³-hybridized carbons (Fsp3) is 0.455. The number of aliphatic hydroxyl groups excluding tert-OH is 1. The SMILES string of the molecule is COCc1c(OC)cccc1C(O)CN. The van der Waals surface area contributed by atoms with E-state index in [4.69, 9.17) is 15.2 Å². The molecule has 15 heavy (non-hydrogen) atoms. The molecule has 0 aliphatic carbocycles. The van der Waals surface area contributed by atoms with Crippen LogP contribution in [0, 0.1) is 0 Å². The van der Waals surface area contributed by atoms with E-state index in [-0.39, 0.29) is 6.54 Å². The van der Waals surface area contributed by atoms with Crippen molar-refractivity contribution in [3.63, 3.8) is 0 Å². The van der Waals surface area contributed by atoms with Crippen LogP contribution in [0.1, 0.15) is 17.2 Å². The lowest BCUT2D eigenvalue weighted by Gasteiger charge is -2.16. The van der Waals surface area contributed by atoms with Gasteiger partial charge in [-0.2, -0.15) is 0 Å². The van der Waals surface area contributed by atoms with Gasteiger partial charge < -0.3 is 20.3 Å². The molecule has 4 heteroatoms. The normalized spacial score (nSPS) is 12.5. The summed E-state index contributed by atoms with van der Waals surface area (Å²) < 4.78 is 10.3. The molecule has 0 saturated heterocycles. The fourth-order valence-corrected chi connectivity index (χ4v) is 1.51. The predicted octanol–water partition coefficient (Wildman–Crippen LogP) is 0.834. The van der Waals surface area contributed by atoms with Crippen molar-refractivity contribution in [2.45, 2.75) is 12.7 Å². The van der Waals surface area contributed by atoms with Crippen LogP contribution in [0.4, 0.5) is 0 Å². The molecule has 1 rings (SSSR count). The lowest BCUT2D eigenvalue weighted by molar-refractivity contribution is 0.163. The Bertz CT molecular complexity index is 315. The smallest absolute Gasteiger partial charge is 0.124 e. The summed E-state index contributed by atoms with van der Waals surface area (Å²) in [6.07, 6.45) is -0.676. The van der Waals surface area contributed by atoms with Crippen molar-refractivity contribution < 1.29 is 14.6 Å². The van der Waals surface area contributed by atoms with Crippen LogP contribution in [0.3, 0.4) is 0 Å². The highest BCUT2D eigenvalue weighted by molar-refractivity contribution is 5.41. The molecular formula is C11H17NO3. The number of rotatable bonds is 5. The molecule has 4 nitrogen and oxygen atoms in total. The van der Waals surface area contributed by atoms with Crippen LogP contribution in [0.25, 0.3) is 0 Å². The third-order valence-corrected chi connectivity index (χ3v) is 2.26. The van der Waals surface area contributed by atoms with Crippen LogP contribution in [0.15, 0.2) is 18.2 Å². The molecular weight excluding hydrogens is 194 g/mol. The van der Waals surface area contributed by atoms with Gasteiger partial charge in [0.2, 0.25) is 0 Å². The minimum Gasteiger partial charge on any atom is -0.496 e. The van der Waals surface area contributed by atoms with Crippen molar-refractivity contribution in [3.05, 3.63) is 29.3 Å². The van der Waals surface area contributed by atoms with E-state index in [2.05, 4.69) is 0 Å². The Labute approximate surface area is 89.6 Å². The molecule has 3 N–H and O–H groups in total. The maximum Gasteiger partial charge on any atom is 0.124 e. The topological polar surface area (TPSA) is 64.7 Å². The van der Waals surface area contributed by atoms with Crippen LogP contribution in [0.2, 0.25) is 0 Å². The van der Waals surface area contributed by atoms with Gasteiger partial charge in [0.15, 0.2) is 0 Å². The van der Waals surface area contributed by atoms with E-state index >= 15 is 0 Å². The Hall–Kier alpha value is -1.10. The minimum absolute atomic E-state index is 0.184. The highest BCUT2D eigenvalue weighted by atomic mass is 16.5. The second kappa shape index (κ2) is 5.70. The van der Waals surface area contributed by atoms with E-state index < -0.39 is 6.10 Å². The van der Waals surface area contributed by atoms with E-state index in [9.17, 15) is 5.11 Å². The first-order chi connectivity index (χ1) is 7.24. The summed E-state index contributed by atoms with van der Waals surface area (Å²) in [5.41, 5.74) is 7.04. The zero-order valence-corrected chi connectivity index (χ0v) is 9.06. The van der Waals surface area contributed by atoms with Gasteiger partial charge in [-0.05, 0) is 11.6 Å². The largest absolute Gasteiger partial charge is 0.496 e. The number of ether oxygens (including phenoxy) is 2. The number of nitrogens with two attached hydrogens (primary N) is 1. The molecule has 0 aromatic heterocycles. The standard InChI is InChI=1S/C11H17NO3/c1-14-7-9-8(10(13)6-12)4-3-5-11(9)15-2/h3-5,10,13H,6-7,12H2,1-2H3. The molecule has 1 unspecified atom stereocenters. The molecule has 0 heterocycles. The van der Waals surface area contributed by atoms with E-state index in [1.165, 1.54) is 0 Å². The zero-order chi connectivity index (χ0) is 11.3. The Morgan fingerprint density at radius 1 is 1.40 bits per heavy atom. The van der Waals surface area contributed by atoms with Crippen LogP contribution in [0.5, 0.6) is 5.75 Å². The molecule has 0 aliphatic rings. The summed E-state index contributed by atoms with van der Waals surface area (Å²) in [5, 5.41) is 9.72. The minimum atomic E-state index is -0.676. The van der Waals surface area contributed by atoms with Gasteiger partial charge >= 0.3 is 0 Å². The highest BCUT2D eigenvalue weighted by Crippen LogP contribution is 2.27. The maximum absolute atomic E-state index is 9.72. The Balaban J connectivity index is 3.12. The molecule has 1 atom stereocenters. The van der Waals surface area contributed by atoms with E-state index in [1.807, 2.05) is 18.2 Å². The van der Waals surface area contributed by atoms with Crippen LogP contribution < -0.4 is 10.5 Å². The quantitative estimate of drug-likeness (QED) is 0.757. The first-order valence-corrected chi connectivity index (χ1v) is 4.77. The van der Waals surface area contributed by atoms with Crippen molar-refractivity contribution in [2.24, 2.45) is 5.73 Å². The van der Waals surface area contributed by atoms with Gasteiger partial charge in [-0.25, -0.2) is 0 Å². The van der Waals surface area contributed by atoms with Gasteiger partial charge in [0, 0.05) is 19.2 Å². The van der Waals surface area contributed by atoms with Crippen molar-refractivity contribution in [3.8, 4) is 5.75 Å². The van der Waals surface area contributed by atoms with Crippen molar-refractivity contribution in [2.75, 3.05) is 20.8 Å². The second-order valence-electron chi connectivity index (χ2n) is 3.21. The lowest BCUT2D eigenvalue weighted by atomic mass is 10.0. The summed E-state index contributed by atoms with van der Waals surface area (Å²) in [6.45, 7) is 0.584. The van der Waals surface area contributed by atoms with E-state index in [0.29, 0.717) is 12.4 Å². The fourth-order valence-electron chi connectivity index (χ4n) is 1.51. The van der Waals surface area contributed by atoms with Gasteiger partial charge in [-0.1, -0.05) is 12.1 Å². The van der Waals surface area contributed by atoms with Crippen molar-refractivity contribution in [1.29, 1.82) is 0 Å². The van der Waals surface area contributed by atoms with Gasteiger partial charge in [0.05, 0.1) is 19.8 Å². The van der Waals surface area contributed by atoms with Crippen molar-refractivity contribution in [1.82, 2.24) is 0 Å². The monoisotopic (exact) mass is 211 g/mol. The summed E-state index contributed by atoms with van der Waals surface area (Å²) in [6, 6.07) is 5.49. The lowest BCUT2D eigenvalue weighted by Crippen LogP contribution is -2.14. The van der Waals surface area contributed by atoms with Gasteiger partial charge in [0.1, 0.15) is 5.75 Å². The van der Waals surface area contributed by atoms with Crippen LogP contribution >= 0.6 is 0 Å². The average Bonchev–Trinajstić information content (AvgIpc) is 2.28. The number of benzene rings is 1. The number of aliphatic hydroxyl groups is 1.